The van der Waals surface area contributed by atoms with Gasteiger partial charge in [-0.3, -0.25) is 19.9 Å². The Morgan fingerprint density at radius 1 is 1.00 bits per heavy atom. The molecular weight excluding hydrogens is 346 g/mol. The number of hydrogen-bond acceptors (Lipinski definition) is 5. The van der Waals surface area contributed by atoms with Crippen LogP contribution in [0.4, 0.5) is 17.1 Å². The van der Waals surface area contributed by atoms with Crippen LogP contribution in [0.5, 0.6) is 11.5 Å². The maximum atomic E-state index is 12.5. The summed E-state index contributed by atoms with van der Waals surface area (Å²) in [7, 11) is 0. The Kier molecular flexibility index (Phi) is 4.10. The summed E-state index contributed by atoms with van der Waals surface area (Å²) in [6.45, 7) is 0. The number of carbonyl (C=O) groups excluding carboxylic acids is 1. The van der Waals surface area contributed by atoms with Gasteiger partial charge in [-0.25, -0.2) is 0 Å². The molecule has 1 heterocycles. The van der Waals surface area contributed by atoms with Gasteiger partial charge in [-0.05, 0) is 48.0 Å². The number of nitro groups is 1. The molecule has 27 heavy (non-hydrogen) atoms. The topological polar surface area (TPSA) is 93.8 Å². The third-order valence-electron chi connectivity index (χ3n) is 4.03. The average molecular weight is 359 g/mol. The van der Waals surface area contributed by atoms with Crippen molar-refractivity contribution in [2.45, 2.75) is 0 Å². The monoisotopic (exact) mass is 359 g/mol. The second-order valence-electron chi connectivity index (χ2n) is 5.84. The van der Waals surface area contributed by atoms with E-state index in [1.807, 2.05) is 12.1 Å². The number of hydrogen-bond donors (Lipinski definition) is 1. The van der Waals surface area contributed by atoms with E-state index in [-0.39, 0.29) is 11.6 Å². The summed E-state index contributed by atoms with van der Waals surface area (Å²) in [5.41, 5.74) is 2.28. The van der Waals surface area contributed by atoms with Crippen LogP contribution in [0, 0.1) is 10.1 Å². The van der Waals surface area contributed by atoms with Crippen molar-refractivity contribution in [3.8, 4) is 11.5 Å². The first-order valence-electron chi connectivity index (χ1n) is 8.11. The molecule has 4 rings (SSSR count). The minimum Gasteiger partial charge on any atom is -0.454 e. The smallest absolute Gasteiger partial charge is 0.269 e. The van der Waals surface area contributed by atoms with Gasteiger partial charge in [0, 0.05) is 18.3 Å². The van der Waals surface area contributed by atoms with E-state index >= 15 is 0 Å². The van der Waals surface area contributed by atoms with E-state index in [9.17, 15) is 14.9 Å². The number of non-ortho nitro benzene ring substituents is 1. The molecule has 0 saturated heterocycles. The van der Waals surface area contributed by atoms with E-state index in [1.165, 1.54) is 12.1 Å². The third kappa shape index (κ3) is 3.38. The van der Waals surface area contributed by atoms with Gasteiger partial charge in [-0.1, -0.05) is 12.1 Å². The van der Waals surface area contributed by atoms with Gasteiger partial charge in [0.15, 0.2) is 5.75 Å². The molecule has 1 N–H and O–H groups in total. The number of para-hydroxylation sites is 2. The second kappa shape index (κ2) is 6.72. The lowest BCUT2D eigenvalue weighted by molar-refractivity contribution is -0.384. The Morgan fingerprint density at radius 2 is 1.78 bits per heavy atom. The van der Waals surface area contributed by atoms with Crippen LogP contribution < -0.4 is 10.1 Å². The van der Waals surface area contributed by atoms with Crippen LogP contribution in [0.1, 0.15) is 15.9 Å². The van der Waals surface area contributed by atoms with Crippen molar-refractivity contribution in [3.63, 3.8) is 0 Å². The van der Waals surface area contributed by atoms with Crippen molar-refractivity contribution < 1.29 is 14.5 Å². The number of rotatable bonds is 3. The zero-order valence-electron chi connectivity index (χ0n) is 14.0. The highest BCUT2D eigenvalue weighted by atomic mass is 16.6. The maximum Gasteiger partial charge on any atom is 0.269 e. The van der Waals surface area contributed by atoms with E-state index < -0.39 is 4.92 Å². The zero-order chi connectivity index (χ0) is 18.8. The lowest BCUT2D eigenvalue weighted by Gasteiger charge is -2.07. The number of ether oxygens (including phenoxy) is 1. The maximum absolute atomic E-state index is 12.5. The van der Waals surface area contributed by atoms with Gasteiger partial charge in [0.05, 0.1) is 21.9 Å². The van der Waals surface area contributed by atoms with Crippen LogP contribution in [-0.2, 0) is 0 Å². The molecule has 0 aromatic heterocycles. The van der Waals surface area contributed by atoms with Crippen LogP contribution in [0.3, 0.4) is 0 Å². The molecule has 0 radical (unpaired) electrons. The summed E-state index contributed by atoms with van der Waals surface area (Å²) in [6, 6.07) is 18.3. The molecule has 1 aliphatic rings. The van der Waals surface area contributed by atoms with Gasteiger partial charge in [-0.2, -0.15) is 0 Å². The van der Waals surface area contributed by atoms with Crippen molar-refractivity contribution >= 4 is 29.2 Å². The fourth-order valence-corrected chi connectivity index (χ4v) is 2.66. The van der Waals surface area contributed by atoms with E-state index in [0.717, 1.165) is 0 Å². The lowest BCUT2D eigenvalue weighted by atomic mass is 10.1. The zero-order valence-corrected chi connectivity index (χ0v) is 14.0. The average Bonchev–Trinajstić information content (AvgIpc) is 2.82. The third-order valence-corrected chi connectivity index (χ3v) is 4.03. The quantitative estimate of drug-likeness (QED) is 0.416. The predicted molar refractivity (Wildman–Crippen MR) is 101 cm³/mol. The first kappa shape index (κ1) is 16.5. The highest BCUT2D eigenvalue weighted by Gasteiger charge is 2.20. The Labute approximate surface area is 154 Å². The molecule has 7 nitrogen and oxygen atoms in total. The van der Waals surface area contributed by atoms with Crippen LogP contribution in [0.2, 0.25) is 0 Å². The standard InChI is InChI=1S/C20H13N3O4/c24-20-16-11-14(21-12-13-5-8-15(9-6-13)23(25)26)7-10-18(16)27-19-4-2-1-3-17(19)22-20/h1-12H,(H,22,24). The molecule has 0 fully saturated rings. The van der Waals surface area contributed by atoms with E-state index in [0.29, 0.717) is 34.0 Å². The summed E-state index contributed by atoms with van der Waals surface area (Å²) in [6.07, 6.45) is 1.58. The summed E-state index contributed by atoms with van der Waals surface area (Å²) in [5, 5.41) is 13.5. The van der Waals surface area contributed by atoms with Crippen LogP contribution in [0.25, 0.3) is 0 Å². The minimum absolute atomic E-state index is 0.0190. The Balaban J connectivity index is 1.60. The highest BCUT2D eigenvalue weighted by Crippen LogP contribution is 2.36. The number of benzene rings is 3. The summed E-state index contributed by atoms with van der Waals surface area (Å²) in [4.78, 5) is 27.1. The fourth-order valence-electron chi connectivity index (χ4n) is 2.66. The molecule has 0 unspecified atom stereocenters. The SMILES string of the molecule is O=C1Nc2ccccc2Oc2ccc(N=Cc3ccc([N+](=O)[O-])cc3)cc21. The van der Waals surface area contributed by atoms with E-state index in [2.05, 4.69) is 10.3 Å². The number of amides is 1. The van der Waals surface area contributed by atoms with Crippen LogP contribution in [-0.4, -0.2) is 17.0 Å². The molecule has 0 bridgehead atoms. The molecule has 1 aliphatic heterocycles. The van der Waals surface area contributed by atoms with Crippen molar-refractivity contribution in [3.05, 3.63) is 88.0 Å². The number of nitro benzene ring substituents is 1. The number of nitrogens with one attached hydrogen (secondary N) is 1. The largest absolute Gasteiger partial charge is 0.454 e. The van der Waals surface area contributed by atoms with Crippen LogP contribution >= 0.6 is 0 Å². The number of aliphatic imine (C=N–C) groups is 1. The van der Waals surface area contributed by atoms with Crippen molar-refractivity contribution in [1.29, 1.82) is 0 Å². The molecule has 0 aliphatic carbocycles. The normalized spacial score (nSPS) is 12.5. The van der Waals surface area contributed by atoms with Crippen molar-refractivity contribution in [2.75, 3.05) is 5.32 Å². The van der Waals surface area contributed by atoms with Crippen LogP contribution in [0.15, 0.2) is 71.7 Å². The molecule has 1 amide bonds. The van der Waals surface area contributed by atoms with Gasteiger partial charge >= 0.3 is 0 Å². The summed E-state index contributed by atoms with van der Waals surface area (Å²) < 4.78 is 5.83. The molecule has 3 aromatic rings. The molecule has 3 aromatic carbocycles. The highest BCUT2D eigenvalue weighted by molar-refractivity contribution is 6.08. The molecule has 0 atom stereocenters. The van der Waals surface area contributed by atoms with Gasteiger partial charge in [0.1, 0.15) is 5.75 Å². The molecular formula is C20H13N3O4. The van der Waals surface area contributed by atoms with E-state index in [4.69, 9.17) is 4.74 Å². The van der Waals surface area contributed by atoms with Gasteiger partial charge in [0.25, 0.3) is 11.6 Å². The van der Waals surface area contributed by atoms with E-state index in [1.54, 1.807) is 48.7 Å². The Morgan fingerprint density at radius 3 is 2.56 bits per heavy atom. The van der Waals surface area contributed by atoms with Crippen molar-refractivity contribution in [2.24, 2.45) is 4.99 Å². The number of nitrogens with zero attached hydrogens (tertiary/aromatic N) is 2. The summed E-state index contributed by atoms with van der Waals surface area (Å²) in [5.74, 6) is 0.751. The van der Waals surface area contributed by atoms with Crippen molar-refractivity contribution in [1.82, 2.24) is 0 Å². The molecule has 7 heteroatoms. The van der Waals surface area contributed by atoms with Gasteiger partial charge < -0.3 is 10.1 Å². The van der Waals surface area contributed by atoms with Gasteiger partial charge in [0.2, 0.25) is 0 Å². The fraction of sp³-hybridized carbons (Fsp3) is 0. The lowest BCUT2D eigenvalue weighted by Crippen LogP contribution is -2.10. The second-order valence-corrected chi connectivity index (χ2v) is 5.84. The minimum atomic E-state index is -0.454. The molecule has 0 spiro atoms. The number of anilines is 1. The first-order valence-corrected chi connectivity index (χ1v) is 8.11. The first-order chi connectivity index (χ1) is 13.1. The Bertz CT molecular complexity index is 1070. The number of fused-ring (bicyclic) bond motifs is 2. The molecule has 0 saturated carbocycles. The summed E-state index contributed by atoms with van der Waals surface area (Å²) >= 11 is 0. The Hall–Kier alpha value is -4.00. The van der Waals surface area contributed by atoms with Gasteiger partial charge in [-0.15, -0.1) is 0 Å². The number of carbonyl (C=O) groups is 1. The molecule has 132 valence electrons. The predicted octanol–water partition coefficient (Wildman–Crippen LogP) is 4.70.